The summed E-state index contributed by atoms with van der Waals surface area (Å²) in [6, 6.07) is 24.6. The van der Waals surface area contributed by atoms with Gasteiger partial charge in [0.15, 0.2) is 0 Å². The maximum absolute atomic E-state index is 13.5. The molecule has 0 aliphatic heterocycles. The van der Waals surface area contributed by atoms with Crippen LogP contribution < -0.4 is 14.4 Å². The van der Waals surface area contributed by atoms with E-state index in [2.05, 4.69) is 5.32 Å². The molecule has 0 aliphatic rings. The van der Waals surface area contributed by atoms with Gasteiger partial charge in [0.25, 0.3) is 10.0 Å². The number of nitrogens with zero attached hydrogens (tertiary/aromatic N) is 1. The van der Waals surface area contributed by atoms with Gasteiger partial charge in [-0.1, -0.05) is 42.5 Å². The summed E-state index contributed by atoms with van der Waals surface area (Å²) in [5.74, 6) is -0.461. The van der Waals surface area contributed by atoms with E-state index in [9.17, 15) is 17.6 Å². The lowest BCUT2D eigenvalue weighted by Gasteiger charge is -2.24. The molecule has 1 N–H and O–H groups in total. The molecule has 4 aromatic rings. The topological polar surface area (TPSA) is 75.7 Å². The first-order valence-electron chi connectivity index (χ1n) is 11.1. The first-order chi connectivity index (χ1) is 16.9. The monoisotopic (exact) mass is 492 g/mol. The maximum Gasteiger partial charge on any atom is 0.264 e. The van der Waals surface area contributed by atoms with Gasteiger partial charge in [0, 0.05) is 6.54 Å². The Hall–Kier alpha value is -3.91. The molecule has 180 valence electrons. The van der Waals surface area contributed by atoms with Gasteiger partial charge in [-0.05, 0) is 71.8 Å². The van der Waals surface area contributed by atoms with Gasteiger partial charge >= 0.3 is 0 Å². The Morgan fingerprint density at radius 2 is 1.60 bits per heavy atom. The largest absolute Gasteiger partial charge is 0.494 e. The van der Waals surface area contributed by atoms with Crippen LogP contribution in [0.3, 0.4) is 0 Å². The number of hydrogen-bond acceptors (Lipinski definition) is 4. The minimum absolute atomic E-state index is 0.00729. The summed E-state index contributed by atoms with van der Waals surface area (Å²) < 4.78 is 46.8. The zero-order chi connectivity index (χ0) is 24.8. The number of amides is 1. The number of hydrogen-bond donors (Lipinski definition) is 1. The third kappa shape index (κ3) is 5.60. The van der Waals surface area contributed by atoms with Crippen molar-refractivity contribution >= 4 is 32.4 Å². The highest BCUT2D eigenvalue weighted by Gasteiger charge is 2.27. The third-order valence-corrected chi connectivity index (χ3v) is 7.27. The van der Waals surface area contributed by atoms with Crippen LogP contribution in [0.2, 0.25) is 0 Å². The van der Waals surface area contributed by atoms with Crippen LogP contribution >= 0.6 is 0 Å². The normalized spacial score (nSPS) is 11.3. The highest BCUT2D eigenvalue weighted by molar-refractivity contribution is 7.92. The van der Waals surface area contributed by atoms with Crippen molar-refractivity contribution in [1.82, 2.24) is 5.32 Å². The second kappa shape index (κ2) is 10.6. The lowest BCUT2D eigenvalue weighted by Crippen LogP contribution is -2.40. The molecule has 0 aliphatic carbocycles. The van der Waals surface area contributed by atoms with Crippen LogP contribution in [0.15, 0.2) is 95.9 Å². The molecule has 0 aromatic heterocycles. The number of carbonyl (C=O) groups is 1. The van der Waals surface area contributed by atoms with E-state index < -0.39 is 28.3 Å². The molecular formula is C27H25FN2O4S. The number of anilines is 1. The first kappa shape index (κ1) is 24.2. The molecule has 35 heavy (non-hydrogen) atoms. The van der Waals surface area contributed by atoms with Gasteiger partial charge in [0.2, 0.25) is 5.91 Å². The van der Waals surface area contributed by atoms with Gasteiger partial charge in [-0.2, -0.15) is 0 Å². The molecule has 8 heteroatoms. The summed E-state index contributed by atoms with van der Waals surface area (Å²) >= 11 is 0. The average Bonchev–Trinajstić information content (AvgIpc) is 2.87. The van der Waals surface area contributed by atoms with Crippen molar-refractivity contribution in [2.45, 2.75) is 18.4 Å². The molecule has 0 spiro atoms. The second-order valence-corrected chi connectivity index (χ2v) is 9.67. The summed E-state index contributed by atoms with van der Waals surface area (Å²) in [6.45, 7) is 2.05. The summed E-state index contributed by atoms with van der Waals surface area (Å²) in [6.07, 6.45) is 0. The van der Waals surface area contributed by atoms with Gasteiger partial charge in [-0.25, -0.2) is 12.8 Å². The Morgan fingerprint density at radius 1 is 0.914 bits per heavy atom. The minimum atomic E-state index is -4.12. The molecule has 4 rings (SSSR count). The second-order valence-electron chi connectivity index (χ2n) is 7.81. The van der Waals surface area contributed by atoms with E-state index in [0.717, 1.165) is 32.8 Å². The van der Waals surface area contributed by atoms with Crippen molar-refractivity contribution in [3.05, 3.63) is 102 Å². The zero-order valence-electron chi connectivity index (χ0n) is 19.1. The van der Waals surface area contributed by atoms with Gasteiger partial charge in [-0.15, -0.1) is 0 Å². The molecule has 0 radical (unpaired) electrons. The minimum Gasteiger partial charge on any atom is -0.494 e. The fourth-order valence-corrected chi connectivity index (χ4v) is 5.17. The van der Waals surface area contributed by atoms with Crippen LogP contribution in [0.25, 0.3) is 10.8 Å². The number of carbonyl (C=O) groups excluding carboxylic acids is 1. The van der Waals surface area contributed by atoms with Crippen LogP contribution in [-0.4, -0.2) is 27.5 Å². The molecule has 0 atom stereocenters. The van der Waals surface area contributed by atoms with Crippen LogP contribution in [0.5, 0.6) is 5.75 Å². The van der Waals surface area contributed by atoms with Gasteiger partial charge < -0.3 is 10.1 Å². The molecule has 6 nitrogen and oxygen atoms in total. The number of halogens is 1. The fraction of sp³-hybridized carbons (Fsp3) is 0.148. The van der Waals surface area contributed by atoms with E-state index in [1.807, 2.05) is 49.4 Å². The average molecular weight is 493 g/mol. The molecule has 0 saturated heterocycles. The van der Waals surface area contributed by atoms with Crippen molar-refractivity contribution in [2.24, 2.45) is 0 Å². The van der Waals surface area contributed by atoms with Gasteiger partial charge in [0.05, 0.1) is 17.2 Å². The first-order valence-corrected chi connectivity index (χ1v) is 12.6. The predicted octanol–water partition coefficient (Wildman–Crippen LogP) is 4.89. The van der Waals surface area contributed by atoms with Crippen LogP contribution in [-0.2, 0) is 21.4 Å². The molecule has 0 fully saturated rings. The van der Waals surface area contributed by atoms with E-state index in [-0.39, 0.29) is 17.1 Å². The quantitative estimate of drug-likeness (QED) is 0.361. The molecular weight excluding hydrogens is 467 g/mol. The Morgan fingerprint density at radius 3 is 2.31 bits per heavy atom. The summed E-state index contributed by atoms with van der Waals surface area (Å²) in [5.41, 5.74) is 1.10. The molecule has 0 heterocycles. The number of sulfonamides is 1. The van der Waals surface area contributed by atoms with Crippen molar-refractivity contribution in [2.75, 3.05) is 17.5 Å². The molecule has 0 unspecified atom stereocenters. The number of rotatable bonds is 9. The van der Waals surface area contributed by atoms with Crippen molar-refractivity contribution in [3.8, 4) is 5.75 Å². The lowest BCUT2D eigenvalue weighted by atomic mass is 10.0. The van der Waals surface area contributed by atoms with E-state index >= 15 is 0 Å². The maximum atomic E-state index is 13.5. The fourth-order valence-electron chi connectivity index (χ4n) is 3.75. The molecule has 0 saturated carbocycles. The van der Waals surface area contributed by atoms with E-state index in [0.29, 0.717) is 12.4 Å². The Kier molecular flexibility index (Phi) is 7.31. The van der Waals surface area contributed by atoms with E-state index in [1.54, 1.807) is 12.1 Å². The number of fused-ring (bicyclic) bond motifs is 1. The van der Waals surface area contributed by atoms with Crippen LogP contribution in [0.4, 0.5) is 10.1 Å². The van der Waals surface area contributed by atoms with Crippen molar-refractivity contribution < 1.29 is 22.3 Å². The van der Waals surface area contributed by atoms with E-state index in [4.69, 9.17) is 4.74 Å². The predicted molar refractivity (Wildman–Crippen MR) is 134 cm³/mol. The summed E-state index contributed by atoms with van der Waals surface area (Å²) in [5, 5.41) is 4.87. The molecule has 4 aromatic carbocycles. The number of ether oxygens (including phenoxy) is 1. The van der Waals surface area contributed by atoms with Crippen LogP contribution in [0.1, 0.15) is 12.5 Å². The van der Waals surface area contributed by atoms with Crippen molar-refractivity contribution in [3.63, 3.8) is 0 Å². The molecule has 1 amide bonds. The third-order valence-electron chi connectivity index (χ3n) is 5.48. The van der Waals surface area contributed by atoms with Crippen LogP contribution in [0, 0.1) is 5.82 Å². The molecule has 0 bridgehead atoms. The SMILES string of the molecule is CCOc1ccc(S(=O)(=O)N(CC(=O)NCc2cccc3ccccc23)c2ccc(F)cc2)cc1. The van der Waals surface area contributed by atoms with Gasteiger partial charge in [0.1, 0.15) is 18.1 Å². The zero-order valence-corrected chi connectivity index (χ0v) is 20.0. The Labute approximate surface area is 204 Å². The van der Waals surface area contributed by atoms with Crippen molar-refractivity contribution in [1.29, 1.82) is 0 Å². The lowest BCUT2D eigenvalue weighted by molar-refractivity contribution is -0.119. The smallest absolute Gasteiger partial charge is 0.264 e. The number of nitrogens with one attached hydrogen (secondary N) is 1. The number of benzene rings is 4. The Balaban J connectivity index is 1.58. The summed E-state index contributed by atoms with van der Waals surface area (Å²) in [4.78, 5) is 12.9. The summed E-state index contributed by atoms with van der Waals surface area (Å²) in [7, 11) is -4.12. The Bertz CT molecular complexity index is 1420. The standard InChI is InChI=1S/C27H25FN2O4S/c1-2-34-24-14-16-25(17-15-24)35(32,33)30(23-12-10-22(28)11-13-23)19-27(31)29-18-21-8-5-7-20-6-3-4-9-26(20)21/h3-17H,2,18-19H2,1H3,(H,29,31). The van der Waals surface area contributed by atoms with E-state index in [1.165, 1.54) is 24.3 Å². The van der Waals surface area contributed by atoms with Gasteiger partial charge in [-0.3, -0.25) is 9.10 Å². The highest BCUT2D eigenvalue weighted by Crippen LogP contribution is 2.25. The highest BCUT2D eigenvalue weighted by atomic mass is 32.2.